The molecule has 2 saturated heterocycles. The number of carbonyl (C=O) groups is 1. The second-order valence-electron chi connectivity index (χ2n) is 7.43. The monoisotopic (exact) mass is 375 g/mol. The highest BCUT2D eigenvalue weighted by Gasteiger charge is 2.59. The average Bonchev–Trinajstić information content (AvgIpc) is 3.26. The molecule has 4 heterocycles. The molecule has 4 rings (SSSR count). The molecule has 7 heteroatoms. The van der Waals surface area contributed by atoms with E-state index in [2.05, 4.69) is 11.8 Å². The fourth-order valence-corrected chi connectivity index (χ4v) is 5.74. The van der Waals surface area contributed by atoms with Crippen LogP contribution in [-0.4, -0.2) is 38.9 Å². The first kappa shape index (κ1) is 17.7. The van der Waals surface area contributed by atoms with E-state index in [1.54, 1.807) is 10.5 Å². The third kappa shape index (κ3) is 2.60. The summed E-state index contributed by atoms with van der Waals surface area (Å²) in [4.78, 5) is 34.0. The van der Waals surface area contributed by atoms with E-state index in [9.17, 15) is 9.59 Å². The molecule has 0 aliphatic carbocycles. The van der Waals surface area contributed by atoms with Crippen LogP contribution in [0, 0.1) is 12.3 Å². The van der Waals surface area contributed by atoms with Crippen molar-refractivity contribution in [1.82, 2.24) is 14.3 Å². The average molecular weight is 375 g/mol. The van der Waals surface area contributed by atoms with E-state index in [1.165, 1.54) is 11.3 Å². The normalized spacial score (nSPS) is 28.1. The van der Waals surface area contributed by atoms with Gasteiger partial charge >= 0.3 is 5.97 Å². The summed E-state index contributed by atoms with van der Waals surface area (Å²) >= 11 is 1.53. The van der Waals surface area contributed by atoms with Gasteiger partial charge in [-0.05, 0) is 39.5 Å². The molecule has 0 N–H and O–H groups in total. The standard InChI is InChI=1S/C19H25N3O3S/c1-4-19(17(24)25-5-2)9-14-6-7-15(19)21(14)11-13-8-16(23)22-10-12(3)26-18(22)20-13/h8,10,14-15H,4-7,9,11H2,1-3H3/t14-,15+,19+/m1/s1. The molecule has 0 aromatic carbocycles. The predicted molar refractivity (Wildman–Crippen MR) is 100 cm³/mol. The van der Waals surface area contributed by atoms with E-state index in [1.807, 2.05) is 20.0 Å². The molecule has 2 aromatic rings. The van der Waals surface area contributed by atoms with Crippen LogP contribution in [-0.2, 0) is 16.1 Å². The van der Waals surface area contributed by atoms with E-state index >= 15 is 0 Å². The highest BCUT2D eigenvalue weighted by Crippen LogP contribution is 2.52. The fourth-order valence-electron chi connectivity index (χ4n) is 4.89. The first-order chi connectivity index (χ1) is 12.5. The SMILES string of the molecule is CCOC(=O)[C@@]1(CC)C[C@H]2CC[C@@H]1N2Cc1cc(=O)n2cc(C)sc2n1. The Morgan fingerprint density at radius 2 is 2.23 bits per heavy atom. The summed E-state index contributed by atoms with van der Waals surface area (Å²) in [6.45, 7) is 6.97. The first-order valence-corrected chi connectivity index (χ1v) is 10.2. The number of hydrogen-bond acceptors (Lipinski definition) is 6. The molecule has 0 spiro atoms. The molecule has 6 nitrogen and oxygen atoms in total. The minimum absolute atomic E-state index is 0.0342. The van der Waals surface area contributed by atoms with Crippen LogP contribution in [0.4, 0.5) is 0 Å². The molecular weight excluding hydrogens is 350 g/mol. The van der Waals surface area contributed by atoms with Crippen LogP contribution in [0.1, 0.15) is 50.1 Å². The maximum absolute atomic E-state index is 12.7. The molecule has 26 heavy (non-hydrogen) atoms. The number of aryl methyl sites for hydroxylation is 1. The van der Waals surface area contributed by atoms with Crippen molar-refractivity contribution in [2.45, 2.75) is 65.1 Å². The Kier molecular flexibility index (Phi) is 4.39. The van der Waals surface area contributed by atoms with Gasteiger partial charge in [0.1, 0.15) is 0 Å². The van der Waals surface area contributed by atoms with Gasteiger partial charge in [0.2, 0.25) is 0 Å². The van der Waals surface area contributed by atoms with Crippen molar-refractivity contribution in [3.05, 3.63) is 33.2 Å². The second-order valence-corrected chi connectivity index (χ2v) is 8.65. The number of esters is 1. The number of carbonyl (C=O) groups excluding carboxylic acids is 1. The van der Waals surface area contributed by atoms with Crippen molar-refractivity contribution >= 4 is 22.3 Å². The highest BCUT2D eigenvalue weighted by atomic mass is 32.1. The van der Waals surface area contributed by atoms with E-state index in [-0.39, 0.29) is 17.6 Å². The first-order valence-electron chi connectivity index (χ1n) is 9.40. The summed E-state index contributed by atoms with van der Waals surface area (Å²) in [7, 11) is 0. The molecule has 3 atom stereocenters. The van der Waals surface area contributed by atoms with Gasteiger partial charge in [-0.3, -0.25) is 18.9 Å². The Morgan fingerprint density at radius 3 is 2.96 bits per heavy atom. The summed E-state index contributed by atoms with van der Waals surface area (Å²) in [5, 5.41) is 0. The lowest BCUT2D eigenvalue weighted by Crippen LogP contribution is -2.44. The highest BCUT2D eigenvalue weighted by molar-refractivity contribution is 7.16. The van der Waals surface area contributed by atoms with Crippen molar-refractivity contribution < 1.29 is 9.53 Å². The minimum atomic E-state index is -0.405. The maximum atomic E-state index is 12.7. The van der Waals surface area contributed by atoms with Crippen molar-refractivity contribution in [2.24, 2.45) is 5.41 Å². The largest absolute Gasteiger partial charge is 0.466 e. The maximum Gasteiger partial charge on any atom is 0.313 e. The molecule has 2 aliphatic heterocycles. The van der Waals surface area contributed by atoms with Gasteiger partial charge in [-0.2, -0.15) is 0 Å². The second kappa shape index (κ2) is 6.46. The lowest BCUT2D eigenvalue weighted by atomic mass is 9.72. The van der Waals surface area contributed by atoms with E-state index in [0.717, 1.165) is 41.2 Å². The van der Waals surface area contributed by atoms with Gasteiger partial charge in [-0.1, -0.05) is 6.92 Å². The zero-order chi connectivity index (χ0) is 18.5. The number of thiazole rings is 1. The van der Waals surface area contributed by atoms with E-state index in [0.29, 0.717) is 19.2 Å². The number of fused-ring (bicyclic) bond motifs is 3. The number of aromatic nitrogens is 2. The van der Waals surface area contributed by atoms with Gasteiger partial charge in [-0.15, -0.1) is 11.3 Å². The van der Waals surface area contributed by atoms with Gasteiger partial charge in [-0.25, -0.2) is 4.98 Å². The van der Waals surface area contributed by atoms with Crippen LogP contribution < -0.4 is 5.56 Å². The van der Waals surface area contributed by atoms with Gasteiger partial charge in [0.05, 0.1) is 17.7 Å². The smallest absolute Gasteiger partial charge is 0.313 e. The van der Waals surface area contributed by atoms with Crippen LogP contribution in [0.3, 0.4) is 0 Å². The molecule has 2 bridgehead atoms. The van der Waals surface area contributed by atoms with Gasteiger partial charge in [0.15, 0.2) is 4.96 Å². The zero-order valence-electron chi connectivity index (χ0n) is 15.5. The Balaban J connectivity index is 1.63. The molecule has 2 aliphatic rings. The molecule has 0 radical (unpaired) electrons. The van der Waals surface area contributed by atoms with Gasteiger partial charge in [0, 0.05) is 35.8 Å². The Hall–Kier alpha value is -1.73. The summed E-state index contributed by atoms with van der Waals surface area (Å²) < 4.78 is 7.03. The molecule has 2 aromatic heterocycles. The van der Waals surface area contributed by atoms with E-state index in [4.69, 9.17) is 9.72 Å². The molecule has 140 valence electrons. The van der Waals surface area contributed by atoms with Crippen molar-refractivity contribution in [1.29, 1.82) is 0 Å². The molecule has 0 amide bonds. The van der Waals surface area contributed by atoms with Crippen molar-refractivity contribution in [3.8, 4) is 0 Å². The number of hydrogen-bond donors (Lipinski definition) is 0. The third-order valence-electron chi connectivity index (χ3n) is 6.07. The zero-order valence-corrected chi connectivity index (χ0v) is 16.3. The fraction of sp³-hybridized carbons (Fsp3) is 0.632. The predicted octanol–water partition coefficient (Wildman–Crippen LogP) is 2.76. The molecular formula is C19H25N3O3S. The topological polar surface area (TPSA) is 63.9 Å². The van der Waals surface area contributed by atoms with Crippen LogP contribution in [0.25, 0.3) is 4.96 Å². The number of ether oxygens (including phenoxy) is 1. The van der Waals surface area contributed by atoms with Crippen LogP contribution in [0.2, 0.25) is 0 Å². The van der Waals surface area contributed by atoms with Crippen molar-refractivity contribution in [3.63, 3.8) is 0 Å². The van der Waals surface area contributed by atoms with Crippen LogP contribution >= 0.6 is 11.3 Å². The quantitative estimate of drug-likeness (QED) is 0.752. The molecule has 0 unspecified atom stereocenters. The summed E-state index contributed by atoms with van der Waals surface area (Å²) in [6.07, 6.45) is 5.60. The Bertz CT molecular complexity index is 905. The summed E-state index contributed by atoms with van der Waals surface area (Å²) in [5.41, 5.74) is 0.356. The van der Waals surface area contributed by atoms with Gasteiger partial charge < -0.3 is 4.74 Å². The molecule has 2 fully saturated rings. The lowest BCUT2D eigenvalue weighted by molar-refractivity contribution is -0.157. The Labute approximate surface area is 156 Å². The van der Waals surface area contributed by atoms with Crippen molar-refractivity contribution in [2.75, 3.05) is 6.61 Å². The summed E-state index contributed by atoms with van der Waals surface area (Å²) in [5.74, 6) is -0.0583. The summed E-state index contributed by atoms with van der Waals surface area (Å²) in [6, 6.07) is 2.19. The Morgan fingerprint density at radius 1 is 1.42 bits per heavy atom. The van der Waals surface area contributed by atoms with Crippen LogP contribution in [0.5, 0.6) is 0 Å². The number of nitrogens with zero attached hydrogens (tertiary/aromatic N) is 3. The third-order valence-corrected chi connectivity index (χ3v) is 6.97. The van der Waals surface area contributed by atoms with Crippen LogP contribution in [0.15, 0.2) is 17.1 Å². The lowest BCUT2D eigenvalue weighted by Gasteiger charge is -2.34. The minimum Gasteiger partial charge on any atom is -0.466 e. The van der Waals surface area contributed by atoms with Gasteiger partial charge in [0.25, 0.3) is 5.56 Å². The molecule has 0 saturated carbocycles. The number of rotatable bonds is 5. The van der Waals surface area contributed by atoms with E-state index < -0.39 is 5.41 Å².